The first-order valence-electron chi connectivity index (χ1n) is 8.84. The summed E-state index contributed by atoms with van der Waals surface area (Å²) in [6, 6.07) is 0.733. The van der Waals surface area contributed by atoms with E-state index in [-0.39, 0.29) is 29.8 Å². The highest BCUT2D eigenvalue weighted by atomic mass is 28.3. The van der Waals surface area contributed by atoms with Gasteiger partial charge in [-0.1, -0.05) is 30.8 Å². The van der Waals surface area contributed by atoms with Crippen LogP contribution in [0.25, 0.3) is 0 Å². The number of ether oxygens (including phenoxy) is 2. The Morgan fingerprint density at radius 1 is 1.17 bits per heavy atom. The summed E-state index contributed by atoms with van der Waals surface area (Å²) in [6.07, 6.45) is 1.60. The number of esters is 1. The van der Waals surface area contributed by atoms with Crippen LogP contribution in [0.15, 0.2) is 11.1 Å². The Bertz CT molecular complexity index is 534. The molecule has 0 spiro atoms. The number of alkyl carbamates (subject to hydrolysis) is 1. The molecule has 0 aromatic carbocycles. The largest absolute Gasteiger partial charge is 0.469 e. The molecule has 2 saturated carbocycles. The second kappa shape index (κ2) is 7.29. The molecule has 2 aliphatic rings. The first-order chi connectivity index (χ1) is 11.2. The van der Waals surface area contributed by atoms with Crippen molar-refractivity contribution in [2.45, 2.75) is 58.4 Å². The van der Waals surface area contributed by atoms with Gasteiger partial charge in [-0.2, -0.15) is 0 Å². The Labute approximate surface area is 146 Å². The third-order valence-electron chi connectivity index (χ3n) is 5.26. The molecule has 6 heteroatoms. The second-order valence-electron chi connectivity index (χ2n) is 8.41. The van der Waals surface area contributed by atoms with E-state index in [4.69, 9.17) is 9.47 Å². The molecule has 0 aliphatic heterocycles. The van der Waals surface area contributed by atoms with Crippen LogP contribution in [0.3, 0.4) is 0 Å². The predicted octanol–water partition coefficient (Wildman–Crippen LogP) is 3.58. The molecule has 5 nitrogen and oxygen atoms in total. The lowest BCUT2D eigenvalue weighted by molar-refractivity contribution is -0.148. The predicted molar refractivity (Wildman–Crippen MR) is 96.5 cm³/mol. The molecule has 0 saturated heterocycles. The number of allylic oxidation sites excluding steroid dienone is 1. The summed E-state index contributed by atoms with van der Waals surface area (Å²) in [5.74, 6) is -0.0927. The van der Waals surface area contributed by atoms with Crippen LogP contribution in [-0.4, -0.2) is 39.9 Å². The van der Waals surface area contributed by atoms with E-state index in [0.29, 0.717) is 6.61 Å². The van der Waals surface area contributed by atoms with Crippen molar-refractivity contribution in [2.75, 3.05) is 13.7 Å². The number of hydrogen-bond acceptors (Lipinski definition) is 4. The van der Waals surface area contributed by atoms with Crippen molar-refractivity contribution >= 4 is 20.1 Å². The molecule has 0 radical (unpaired) electrons. The van der Waals surface area contributed by atoms with Gasteiger partial charge in [-0.3, -0.25) is 4.79 Å². The zero-order valence-electron chi connectivity index (χ0n) is 15.8. The number of hydrogen-bond donors (Lipinski definition) is 1. The summed E-state index contributed by atoms with van der Waals surface area (Å²) in [4.78, 5) is 24.5. The number of carbonyl (C=O) groups is 2. The van der Waals surface area contributed by atoms with Crippen molar-refractivity contribution in [1.82, 2.24) is 5.32 Å². The van der Waals surface area contributed by atoms with Gasteiger partial charge in [0, 0.05) is 14.0 Å². The standard InChI is InChI=1S/C18H31NO4Si/c1-11(2)14-12-7-8-13(14)16(15(12)17(20)22-3)19-18(21)23-9-10-24(4,5)6/h12-13,15-16H,7-10H2,1-6H3,(H,19,21)/t12?,13?,15-,16+/m0/s1. The van der Waals surface area contributed by atoms with E-state index in [1.54, 1.807) is 0 Å². The van der Waals surface area contributed by atoms with Crippen molar-refractivity contribution in [3.63, 3.8) is 0 Å². The van der Waals surface area contributed by atoms with Crippen LogP contribution < -0.4 is 5.32 Å². The number of carbonyl (C=O) groups excluding carboxylic acids is 2. The van der Waals surface area contributed by atoms with Gasteiger partial charge in [-0.25, -0.2) is 4.79 Å². The van der Waals surface area contributed by atoms with Crippen LogP contribution in [0.2, 0.25) is 25.7 Å². The first-order valence-corrected chi connectivity index (χ1v) is 12.5. The molecule has 136 valence electrons. The van der Waals surface area contributed by atoms with Crippen LogP contribution in [0.5, 0.6) is 0 Å². The SMILES string of the molecule is COC(=O)[C@H]1C2CCC(C2=C(C)C)[C@H]1NC(=O)OCC[Si](C)(C)C. The summed E-state index contributed by atoms with van der Waals surface area (Å²) < 4.78 is 10.4. The fraction of sp³-hybridized carbons (Fsp3) is 0.778. The molecule has 2 fully saturated rings. The zero-order chi connectivity index (χ0) is 18.1. The number of amides is 1. The van der Waals surface area contributed by atoms with E-state index in [1.165, 1.54) is 18.3 Å². The minimum absolute atomic E-state index is 0.194. The molecule has 2 unspecified atom stereocenters. The van der Waals surface area contributed by atoms with E-state index >= 15 is 0 Å². The van der Waals surface area contributed by atoms with E-state index in [2.05, 4.69) is 38.8 Å². The van der Waals surface area contributed by atoms with E-state index in [1.807, 2.05) is 0 Å². The van der Waals surface area contributed by atoms with Gasteiger partial charge in [0.2, 0.25) is 0 Å². The van der Waals surface area contributed by atoms with Gasteiger partial charge in [-0.05, 0) is 38.7 Å². The van der Waals surface area contributed by atoms with Gasteiger partial charge >= 0.3 is 12.1 Å². The molecule has 0 heterocycles. The van der Waals surface area contributed by atoms with Crippen LogP contribution in [0.1, 0.15) is 26.7 Å². The Kier molecular flexibility index (Phi) is 5.78. The highest BCUT2D eigenvalue weighted by molar-refractivity contribution is 6.76. The number of methoxy groups -OCH3 is 1. The molecule has 2 rings (SSSR count). The summed E-state index contributed by atoms with van der Waals surface area (Å²) in [5.41, 5.74) is 2.59. The molecule has 0 aromatic heterocycles. The molecule has 1 N–H and O–H groups in total. The second-order valence-corrected chi connectivity index (χ2v) is 14.0. The van der Waals surface area contributed by atoms with E-state index in [9.17, 15) is 9.59 Å². The Balaban J connectivity index is 2.06. The molecule has 1 amide bonds. The van der Waals surface area contributed by atoms with Crippen molar-refractivity contribution in [3.05, 3.63) is 11.1 Å². The Morgan fingerprint density at radius 2 is 1.79 bits per heavy atom. The smallest absolute Gasteiger partial charge is 0.407 e. The third kappa shape index (κ3) is 4.02. The summed E-state index contributed by atoms with van der Waals surface area (Å²) >= 11 is 0. The highest BCUT2D eigenvalue weighted by Gasteiger charge is 2.55. The van der Waals surface area contributed by atoms with Crippen molar-refractivity contribution in [1.29, 1.82) is 0 Å². The minimum Gasteiger partial charge on any atom is -0.469 e. The van der Waals surface area contributed by atoms with Crippen LogP contribution >= 0.6 is 0 Å². The molecule has 24 heavy (non-hydrogen) atoms. The average molecular weight is 354 g/mol. The molecular formula is C18H31NO4Si. The summed E-state index contributed by atoms with van der Waals surface area (Å²) in [7, 11) is 0.185. The van der Waals surface area contributed by atoms with Crippen molar-refractivity contribution < 1.29 is 19.1 Å². The Hall–Kier alpha value is -1.30. The monoisotopic (exact) mass is 353 g/mol. The molecule has 4 atom stereocenters. The van der Waals surface area contributed by atoms with Gasteiger partial charge in [0.05, 0.1) is 25.7 Å². The maximum atomic E-state index is 12.3. The molecule has 2 aliphatic carbocycles. The fourth-order valence-electron chi connectivity index (χ4n) is 4.20. The maximum Gasteiger partial charge on any atom is 0.407 e. The quantitative estimate of drug-likeness (QED) is 0.466. The number of nitrogens with one attached hydrogen (secondary N) is 1. The summed E-state index contributed by atoms with van der Waals surface area (Å²) in [5, 5.41) is 2.97. The van der Waals surface area contributed by atoms with Crippen molar-refractivity contribution in [3.8, 4) is 0 Å². The maximum absolute atomic E-state index is 12.3. The fourth-order valence-corrected chi connectivity index (χ4v) is 4.91. The lowest BCUT2D eigenvalue weighted by Gasteiger charge is -2.29. The van der Waals surface area contributed by atoms with Gasteiger partial charge in [0.1, 0.15) is 0 Å². The van der Waals surface area contributed by atoms with Crippen LogP contribution in [0, 0.1) is 17.8 Å². The zero-order valence-corrected chi connectivity index (χ0v) is 16.8. The van der Waals surface area contributed by atoms with Gasteiger partial charge in [-0.15, -0.1) is 0 Å². The molecule has 2 bridgehead atoms. The van der Waals surface area contributed by atoms with Gasteiger partial charge < -0.3 is 14.8 Å². The average Bonchev–Trinajstić information content (AvgIpc) is 3.01. The third-order valence-corrected chi connectivity index (χ3v) is 6.97. The number of fused-ring (bicyclic) bond motifs is 2. The van der Waals surface area contributed by atoms with E-state index < -0.39 is 14.2 Å². The van der Waals surface area contributed by atoms with Crippen LogP contribution in [0.4, 0.5) is 4.79 Å². The van der Waals surface area contributed by atoms with Gasteiger partial charge in [0.25, 0.3) is 0 Å². The number of rotatable bonds is 5. The minimum atomic E-state index is -1.23. The topological polar surface area (TPSA) is 64.6 Å². The van der Waals surface area contributed by atoms with Crippen LogP contribution in [-0.2, 0) is 14.3 Å². The lowest BCUT2D eigenvalue weighted by atomic mass is 9.84. The normalized spacial score (nSPS) is 28.7. The molecular weight excluding hydrogens is 322 g/mol. The van der Waals surface area contributed by atoms with E-state index in [0.717, 1.165) is 18.9 Å². The Morgan fingerprint density at radius 3 is 2.33 bits per heavy atom. The van der Waals surface area contributed by atoms with Gasteiger partial charge in [0.15, 0.2) is 0 Å². The highest BCUT2D eigenvalue weighted by Crippen LogP contribution is 2.54. The summed E-state index contributed by atoms with van der Waals surface area (Å²) in [6.45, 7) is 11.4. The molecule has 0 aromatic rings. The lowest BCUT2D eigenvalue weighted by Crippen LogP contribution is -2.47. The van der Waals surface area contributed by atoms with Crippen molar-refractivity contribution in [2.24, 2.45) is 17.8 Å². The first kappa shape index (κ1) is 19.0.